The Labute approximate surface area is 299 Å². The second-order valence-electron chi connectivity index (χ2n) is 16.2. The maximum absolute atomic E-state index is 13.2. The molecule has 2 heterocycles. The van der Waals surface area contributed by atoms with Crippen LogP contribution in [-0.2, 0) is 47.8 Å². The van der Waals surface area contributed by atoms with Crippen molar-refractivity contribution >= 4 is 29.9 Å². The Hall–Kier alpha value is -4.41. The minimum absolute atomic E-state index is 0.0122. The van der Waals surface area contributed by atoms with E-state index in [9.17, 15) is 24.0 Å². The third-order valence-electron chi connectivity index (χ3n) is 10.1. The van der Waals surface area contributed by atoms with Crippen LogP contribution in [0.5, 0.6) is 0 Å². The number of rotatable bonds is 8. The molecule has 11 heteroatoms. The first-order chi connectivity index (χ1) is 24.1. The molecule has 2 aromatic rings. The fourth-order valence-corrected chi connectivity index (χ4v) is 7.87. The third kappa shape index (κ3) is 8.23. The third-order valence-corrected chi connectivity index (χ3v) is 10.1. The number of carbonyl (C=O) groups excluding carboxylic acids is 5. The zero-order valence-electron chi connectivity index (χ0n) is 30.6. The van der Waals surface area contributed by atoms with E-state index in [-0.39, 0.29) is 24.3 Å². The molecule has 0 spiro atoms. The summed E-state index contributed by atoms with van der Waals surface area (Å²) in [4.78, 5) is 67.8. The van der Waals surface area contributed by atoms with Crippen LogP contribution in [0.3, 0.4) is 0 Å². The number of ketones is 1. The van der Waals surface area contributed by atoms with Gasteiger partial charge in [0.05, 0.1) is 6.61 Å². The van der Waals surface area contributed by atoms with E-state index in [0.717, 1.165) is 60.8 Å². The molecule has 2 aromatic carbocycles. The Morgan fingerprint density at radius 3 is 2.14 bits per heavy atom. The lowest BCUT2D eigenvalue weighted by Crippen LogP contribution is -2.51. The Morgan fingerprint density at radius 2 is 1.43 bits per heavy atom. The van der Waals surface area contributed by atoms with Crippen molar-refractivity contribution in [3.8, 4) is 11.1 Å². The molecule has 1 saturated carbocycles. The van der Waals surface area contributed by atoms with E-state index in [0.29, 0.717) is 24.9 Å². The number of likely N-dealkylation sites (tertiary alicyclic amines) is 2. The molecule has 274 valence electrons. The molecule has 2 amide bonds. The molecule has 2 aliphatic heterocycles. The van der Waals surface area contributed by atoms with Crippen LogP contribution in [0.2, 0.25) is 0 Å². The lowest BCUT2D eigenvalue weighted by molar-refractivity contribution is -0.150. The van der Waals surface area contributed by atoms with Gasteiger partial charge in [0.2, 0.25) is 0 Å². The van der Waals surface area contributed by atoms with Gasteiger partial charge >= 0.3 is 24.1 Å². The number of nitrogens with zero attached hydrogens (tertiary/aromatic N) is 2. The molecule has 4 unspecified atom stereocenters. The topological polar surface area (TPSA) is 129 Å². The number of aryl methyl sites for hydroxylation is 2. The van der Waals surface area contributed by atoms with E-state index in [2.05, 4.69) is 12.1 Å². The minimum atomic E-state index is -0.731. The SMILES string of the molecule is CC(C)(C)OC(=O)N1CCCC1C(=O)OCCc1ccc2c(c1)CCc1cc(C(=O)COC(=O)C3C4CCC(C4)N3C(=O)OC(C)(C)C)ccc1-2. The average molecular weight is 703 g/mol. The average Bonchev–Trinajstić information content (AvgIpc) is 3.82. The van der Waals surface area contributed by atoms with Gasteiger partial charge in [0, 0.05) is 24.6 Å². The zero-order valence-corrected chi connectivity index (χ0v) is 30.6. The highest BCUT2D eigenvalue weighted by Crippen LogP contribution is 2.43. The van der Waals surface area contributed by atoms with Crippen molar-refractivity contribution < 1.29 is 42.9 Å². The van der Waals surface area contributed by atoms with Gasteiger partial charge in [-0.3, -0.25) is 14.6 Å². The maximum atomic E-state index is 13.2. The summed E-state index contributed by atoms with van der Waals surface area (Å²) in [5.74, 6) is -1.24. The van der Waals surface area contributed by atoms with Crippen LogP contribution in [0.1, 0.15) is 101 Å². The highest BCUT2D eigenvalue weighted by atomic mass is 16.6. The summed E-state index contributed by atoms with van der Waals surface area (Å²) in [5.41, 5.74) is 4.61. The number of hydrogen-bond acceptors (Lipinski definition) is 9. The van der Waals surface area contributed by atoms with Crippen LogP contribution in [0.25, 0.3) is 11.1 Å². The molecule has 11 nitrogen and oxygen atoms in total. The number of carbonyl (C=O) groups is 5. The zero-order chi connectivity index (χ0) is 36.7. The van der Waals surface area contributed by atoms with E-state index in [1.54, 1.807) is 47.6 Å². The van der Waals surface area contributed by atoms with Crippen molar-refractivity contribution in [2.75, 3.05) is 19.8 Å². The largest absolute Gasteiger partial charge is 0.464 e. The number of ether oxygens (including phenoxy) is 4. The summed E-state index contributed by atoms with van der Waals surface area (Å²) >= 11 is 0. The summed E-state index contributed by atoms with van der Waals surface area (Å²) in [6.45, 7) is 11.1. The molecule has 6 rings (SSSR count). The van der Waals surface area contributed by atoms with E-state index < -0.39 is 54.0 Å². The fourth-order valence-electron chi connectivity index (χ4n) is 7.87. The summed E-state index contributed by atoms with van der Waals surface area (Å²) in [6.07, 6.45) is 4.79. The molecular formula is C40H50N2O9. The van der Waals surface area contributed by atoms with Crippen LogP contribution in [0.4, 0.5) is 9.59 Å². The highest BCUT2D eigenvalue weighted by molar-refractivity contribution is 5.99. The van der Waals surface area contributed by atoms with Crippen molar-refractivity contribution in [3.63, 3.8) is 0 Å². The summed E-state index contributed by atoms with van der Waals surface area (Å²) in [7, 11) is 0. The highest BCUT2D eigenvalue weighted by Gasteiger charge is 2.53. The van der Waals surface area contributed by atoms with Gasteiger partial charge < -0.3 is 18.9 Å². The van der Waals surface area contributed by atoms with Crippen molar-refractivity contribution in [1.29, 1.82) is 0 Å². The number of Topliss-reactive ketones (excluding diaryl/α,β-unsaturated/α-hetero) is 1. The first kappa shape index (κ1) is 36.4. The first-order valence-electron chi connectivity index (χ1n) is 18.2. The van der Waals surface area contributed by atoms with Crippen LogP contribution in [0.15, 0.2) is 36.4 Å². The van der Waals surface area contributed by atoms with Crippen molar-refractivity contribution in [2.24, 2.45) is 5.92 Å². The number of amides is 2. The molecule has 4 atom stereocenters. The minimum Gasteiger partial charge on any atom is -0.464 e. The van der Waals surface area contributed by atoms with E-state index in [1.165, 1.54) is 15.4 Å². The van der Waals surface area contributed by atoms with Crippen LogP contribution in [0, 0.1) is 5.92 Å². The van der Waals surface area contributed by atoms with Gasteiger partial charge in [-0.1, -0.05) is 30.3 Å². The van der Waals surface area contributed by atoms with Gasteiger partial charge in [-0.05, 0) is 126 Å². The maximum Gasteiger partial charge on any atom is 0.411 e. The molecule has 2 saturated heterocycles. The smallest absolute Gasteiger partial charge is 0.411 e. The molecular weight excluding hydrogens is 652 g/mol. The molecule has 4 aliphatic rings. The summed E-state index contributed by atoms with van der Waals surface area (Å²) < 4.78 is 22.2. The monoisotopic (exact) mass is 702 g/mol. The van der Waals surface area contributed by atoms with Gasteiger partial charge in [0.15, 0.2) is 12.4 Å². The van der Waals surface area contributed by atoms with Gasteiger partial charge in [-0.2, -0.15) is 0 Å². The Kier molecular flexibility index (Phi) is 10.2. The molecule has 2 aliphatic carbocycles. The van der Waals surface area contributed by atoms with Crippen LogP contribution in [-0.4, -0.2) is 88.8 Å². The molecule has 0 radical (unpaired) electrons. The van der Waals surface area contributed by atoms with Gasteiger partial charge in [0.1, 0.15) is 23.3 Å². The van der Waals surface area contributed by atoms with E-state index >= 15 is 0 Å². The molecule has 0 aromatic heterocycles. The normalized spacial score (nSPS) is 22.2. The number of esters is 2. The van der Waals surface area contributed by atoms with Crippen LogP contribution >= 0.6 is 0 Å². The van der Waals surface area contributed by atoms with E-state index in [4.69, 9.17) is 18.9 Å². The van der Waals surface area contributed by atoms with Gasteiger partial charge in [0.25, 0.3) is 0 Å². The Balaban J connectivity index is 1.02. The van der Waals surface area contributed by atoms with Crippen molar-refractivity contribution in [2.45, 2.75) is 122 Å². The van der Waals surface area contributed by atoms with Gasteiger partial charge in [-0.25, -0.2) is 19.2 Å². The standard InChI is InChI=1S/C40H50N2O9/c1-39(2,3)50-37(46)41-18-7-8-32(41)35(44)48-19-17-24-9-15-30-25(20-24)10-11-26-21-27(13-16-31(26)30)33(43)23-49-36(45)34-28-12-14-29(22-28)42(34)38(47)51-40(4,5)6/h9,13,15-16,20-21,28-29,32,34H,7-8,10-12,14,17-19,22-23H2,1-6H3. The van der Waals surface area contributed by atoms with Gasteiger partial charge in [-0.15, -0.1) is 0 Å². The predicted octanol–water partition coefficient (Wildman–Crippen LogP) is 6.45. The van der Waals surface area contributed by atoms with Crippen LogP contribution < -0.4 is 0 Å². The number of fused-ring (bicyclic) bond motifs is 5. The predicted molar refractivity (Wildman–Crippen MR) is 188 cm³/mol. The fraction of sp³-hybridized carbons (Fsp3) is 0.575. The lowest BCUT2D eigenvalue weighted by atomic mass is 9.83. The molecule has 2 bridgehead atoms. The number of hydrogen-bond donors (Lipinski definition) is 0. The molecule has 0 N–H and O–H groups in total. The van der Waals surface area contributed by atoms with E-state index in [1.807, 2.05) is 18.2 Å². The molecule has 3 fully saturated rings. The summed E-state index contributed by atoms with van der Waals surface area (Å²) in [5, 5.41) is 0. The summed E-state index contributed by atoms with van der Waals surface area (Å²) in [6, 6.07) is 10.4. The second kappa shape index (κ2) is 14.3. The number of piperidine rings is 1. The Bertz CT molecular complexity index is 1700. The number of benzene rings is 2. The van der Waals surface area contributed by atoms with Crippen molar-refractivity contribution in [1.82, 2.24) is 9.80 Å². The quantitative estimate of drug-likeness (QED) is 0.173. The Morgan fingerprint density at radius 1 is 0.765 bits per heavy atom. The van der Waals surface area contributed by atoms with Crippen molar-refractivity contribution in [3.05, 3.63) is 58.7 Å². The molecule has 51 heavy (non-hydrogen) atoms. The first-order valence-corrected chi connectivity index (χ1v) is 18.2. The second-order valence-corrected chi connectivity index (χ2v) is 16.2. The lowest BCUT2D eigenvalue weighted by Gasteiger charge is -2.35.